The lowest BCUT2D eigenvalue weighted by molar-refractivity contribution is -0.116. The van der Waals surface area contributed by atoms with Crippen LogP contribution in [0.1, 0.15) is 36.9 Å². The maximum atomic E-state index is 12.6. The molecule has 5 rings (SSSR count). The summed E-state index contributed by atoms with van der Waals surface area (Å²) in [5.74, 6) is -0.133. The number of nitrogens with zero attached hydrogens (tertiary/aromatic N) is 1. The van der Waals surface area contributed by atoms with E-state index >= 15 is 0 Å². The molecule has 2 aliphatic rings. The molecule has 3 heterocycles. The van der Waals surface area contributed by atoms with E-state index in [-0.39, 0.29) is 11.8 Å². The first-order valence-corrected chi connectivity index (χ1v) is 10.9. The zero-order valence-corrected chi connectivity index (χ0v) is 17.4. The number of para-hydroxylation sites is 1. The Hall–Kier alpha value is -3.38. The molecule has 0 saturated carbocycles. The van der Waals surface area contributed by atoms with E-state index in [0.717, 1.165) is 47.5 Å². The zero-order valence-electron chi connectivity index (χ0n) is 17.4. The van der Waals surface area contributed by atoms with Crippen LogP contribution in [0.3, 0.4) is 0 Å². The summed E-state index contributed by atoms with van der Waals surface area (Å²) in [6, 6.07) is 15.6. The van der Waals surface area contributed by atoms with Crippen molar-refractivity contribution in [1.82, 2.24) is 9.88 Å². The molecule has 0 unspecified atom stereocenters. The van der Waals surface area contributed by atoms with Crippen LogP contribution >= 0.6 is 0 Å². The molecule has 0 aliphatic carbocycles. The Morgan fingerprint density at radius 3 is 2.74 bits per heavy atom. The van der Waals surface area contributed by atoms with Crippen LogP contribution in [0, 0.1) is 0 Å². The minimum atomic E-state index is -0.137. The van der Waals surface area contributed by atoms with E-state index in [0.29, 0.717) is 17.7 Å². The van der Waals surface area contributed by atoms with Gasteiger partial charge >= 0.3 is 0 Å². The second-order valence-corrected chi connectivity index (χ2v) is 8.28. The molecule has 3 N–H and O–H groups in total. The van der Waals surface area contributed by atoms with E-state index < -0.39 is 0 Å². The molecule has 0 spiro atoms. The summed E-state index contributed by atoms with van der Waals surface area (Å²) in [7, 11) is 0. The summed E-state index contributed by atoms with van der Waals surface area (Å²) in [5, 5.41) is 7.00. The number of nitrogens with one attached hydrogen (secondary N) is 3. The average Bonchev–Trinajstić information content (AvgIpc) is 3.33. The van der Waals surface area contributed by atoms with E-state index in [4.69, 9.17) is 0 Å². The van der Waals surface area contributed by atoms with E-state index in [2.05, 4.69) is 20.5 Å². The number of carbonyl (C=O) groups excluding carboxylic acids is 2. The predicted molar refractivity (Wildman–Crippen MR) is 125 cm³/mol. The van der Waals surface area contributed by atoms with Crippen molar-refractivity contribution in [1.29, 1.82) is 0 Å². The van der Waals surface area contributed by atoms with Crippen LogP contribution in [0.15, 0.2) is 48.5 Å². The Morgan fingerprint density at radius 1 is 1.06 bits per heavy atom. The summed E-state index contributed by atoms with van der Waals surface area (Å²) in [5.41, 5.74) is 4.77. The highest BCUT2D eigenvalue weighted by molar-refractivity contribution is 6.35. The Bertz CT molecular complexity index is 1140. The molecule has 3 aromatic rings. The van der Waals surface area contributed by atoms with Crippen molar-refractivity contribution in [2.24, 2.45) is 0 Å². The van der Waals surface area contributed by atoms with E-state index in [9.17, 15) is 9.59 Å². The first kappa shape index (κ1) is 19.6. The third kappa shape index (κ3) is 4.25. The van der Waals surface area contributed by atoms with Crippen molar-refractivity contribution in [3.63, 3.8) is 0 Å². The van der Waals surface area contributed by atoms with Crippen molar-refractivity contribution in [2.75, 3.05) is 30.3 Å². The first-order valence-electron chi connectivity index (χ1n) is 10.9. The Labute approximate surface area is 181 Å². The van der Waals surface area contributed by atoms with Crippen molar-refractivity contribution >= 4 is 45.7 Å². The number of H-pyrrole nitrogens is 1. The number of piperidine rings is 1. The molecule has 31 heavy (non-hydrogen) atoms. The van der Waals surface area contributed by atoms with Gasteiger partial charge in [0.05, 0.1) is 5.57 Å². The summed E-state index contributed by atoms with van der Waals surface area (Å²) in [4.78, 5) is 30.7. The van der Waals surface area contributed by atoms with Crippen molar-refractivity contribution in [3.05, 3.63) is 59.8 Å². The summed E-state index contributed by atoms with van der Waals surface area (Å²) >= 11 is 0. The summed E-state index contributed by atoms with van der Waals surface area (Å²) < 4.78 is 0. The van der Waals surface area contributed by atoms with Gasteiger partial charge < -0.3 is 20.5 Å². The molecule has 1 fully saturated rings. The van der Waals surface area contributed by atoms with Gasteiger partial charge in [-0.05, 0) is 67.7 Å². The fraction of sp³-hybridized carbons (Fsp3) is 0.280. The number of aromatic nitrogens is 1. The Kier molecular flexibility index (Phi) is 5.30. The zero-order chi connectivity index (χ0) is 21.2. The van der Waals surface area contributed by atoms with Crippen LogP contribution in [-0.2, 0) is 9.59 Å². The maximum Gasteiger partial charge on any atom is 0.256 e. The van der Waals surface area contributed by atoms with Crippen LogP contribution in [0.5, 0.6) is 0 Å². The monoisotopic (exact) mass is 414 g/mol. The van der Waals surface area contributed by atoms with Gasteiger partial charge in [0.2, 0.25) is 5.91 Å². The smallest absolute Gasteiger partial charge is 0.256 e. The highest BCUT2D eigenvalue weighted by Crippen LogP contribution is 2.35. The minimum absolute atomic E-state index is 0.00366. The van der Waals surface area contributed by atoms with Crippen molar-refractivity contribution < 1.29 is 9.59 Å². The van der Waals surface area contributed by atoms with Gasteiger partial charge in [0.15, 0.2) is 0 Å². The molecule has 1 saturated heterocycles. The van der Waals surface area contributed by atoms with Gasteiger partial charge in [-0.1, -0.05) is 24.6 Å². The molecule has 0 atom stereocenters. The SMILES string of the molecule is O=C(CCN1CCCCC1)Nc1ccc2c(c1)/C(=C/c1cc3ccccc3[nH]1)C(=O)N2. The number of benzene rings is 2. The molecule has 6 nitrogen and oxygen atoms in total. The maximum absolute atomic E-state index is 12.6. The van der Waals surface area contributed by atoms with Gasteiger partial charge in [0.25, 0.3) is 5.91 Å². The van der Waals surface area contributed by atoms with Crippen molar-refractivity contribution in [2.45, 2.75) is 25.7 Å². The second kappa shape index (κ2) is 8.40. The topological polar surface area (TPSA) is 77.2 Å². The Balaban J connectivity index is 1.32. The molecule has 1 aromatic heterocycles. The number of hydrogen-bond donors (Lipinski definition) is 3. The number of amides is 2. The average molecular weight is 415 g/mol. The quantitative estimate of drug-likeness (QED) is 0.539. The van der Waals surface area contributed by atoms with Gasteiger partial charge in [-0.15, -0.1) is 0 Å². The number of fused-ring (bicyclic) bond motifs is 2. The molecule has 0 bridgehead atoms. The standard InChI is InChI=1S/C25H26N4O2/c30-24(10-13-29-11-4-1-5-12-29)27-18-8-9-23-20(15-18)21(25(31)28-23)16-19-14-17-6-2-3-7-22(17)26-19/h2-3,6-9,14-16,26H,1,4-5,10-13H2,(H,27,30)(H,28,31)/b21-16-. The normalized spacial score (nSPS) is 17.7. The predicted octanol–water partition coefficient (Wildman–Crippen LogP) is 4.48. The van der Waals surface area contributed by atoms with Crippen LogP contribution < -0.4 is 10.6 Å². The number of rotatable bonds is 5. The van der Waals surface area contributed by atoms with Crippen LogP contribution in [0.4, 0.5) is 11.4 Å². The molecular weight excluding hydrogens is 388 g/mol. The molecule has 6 heteroatoms. The highest BCUT2D eigenvalue weighted by Gasteiger charge is 2.25. The summed E-state index contributed by atoms with van der Waals surface area (Å²) in [6.45, 7) is 2.96. The van der Waals surface area contributed by atoms with Gasteiger partial charge in [-0.25, -0.2) is 0 Å². The van der Waals surface area contributed by atoms with Crippen molar-refractivity contribution in [3.8, 4) is 0 Å². The number of hydrogen-bond acceptors (Lipinski definition) is 3. The van der Waals surface area contributed by atoms with Crippen LogP contribution in [0.25, 0.3) is 22.6 Å². The lowest BCUT2D eigenvalue weighted by Gasteiger charge is -2.25. The highest BCUT2D eigenvalue weighted by atomic mass is 16.2. The van der Waals surface area contributed by atoms with Gasteiger partial charge in [-0.2, -0.15) is 0 Å². The van der Waals surface area contributed by atoms with E-state index in [1.54, 1.807) is 0 Å². The lowest BCUT2D eigenvalue weighted by atomic mass is 10.0. The first-order chi connectivity index (χ1) is 15.2. The Morgan fingerprint density at radius 2 is 1.90 bits per heavy atom. The molecule has 2 aliphatic heterocycles. The van der Waals surface area contributed by atoms with Crippen LogP contribution in [-0.4, -0.2) is 41.3 Å². The molecule has 0 radical (unpaired) electrons. The van der Waals surface area contributed by atoms with E-state index in [1.165, 1.54) is 19.3 Å². The van der Waals surface area contributed by atoms with Gasteiger partial charge in [-0.3, -0.25) is 9.59 Å². The molecule has 2 amide bonds. The largest absolute Gasteiger partial charge is 0.355 e. The number of carbonyl (C=O) groups is 2. The third-order valence-corrected chi connectivity index (χ3v) is 6.04. The number of aromatic amines is 1. The number of likely N-dealkylation sites (tertiary alicyclic amines) is 1. The van der Waals surface area contributed by atoms with Gasteiger partial charge in [0.1, 0.15) is 0 Å². The fourth-order valence-electron chi connectivity index (χ4n) is 4.40. The molecule has 158 valence electrons. The lowest BCUT2D eigenvalue weighted by Crippen LogP contribution is -2.32. The second-order valence-electron chi connectivity index (χ2n) is 8.28. The summed E-state index contributed by atoms with van der Waals surface area (Å²) in [6.07, 6.45) is 6.08. The van der Waals surface area contributed by atoms with Crippen LogP contribution in [0.2, 0.25) is 0 Å². The van der Waals surface area contributed by atoms with Gasteiger partial charge in [0, 0.05) is 41.1 Å². The fourth-order valence-corrected chi connectivity index (χ4v) is 4.40. The minimum Gasteiger partial charge on any atom is -0.355 e. The third-order valence-electron chi connectivity index (χ3n) is 6.04. The number of anilines is 2. The molecule has 2 aromatic carbocycles. The molecular formula is C25H26N4O2. The van der Waals surface area contributed by atoms with E-state index in [1.807, 2.05) is 54.6 Å².